The van der Waals surface area contributed by atoms with Crippen molar-refractivity contribution in [3.05, 3.63) is 23.5 Å². The summed E-state index contributed by atoms with van der Waals surface area (Å²) in [6, 6.07) is 2.06. The Kier molecular flexibility index (Phi) is 4.76. The van der Waals surface area contributed by atoms with Crippen molar-refractivity contribution in [2.75, 3.05) is 32.8 Å². The van der Waals surface area contributed by atoms with Crippen molar-refractivity contribution < 1.29 is 26.3 Å². The van der Waals surface area contributed by atoms with Crippen molar-refractivity contribution in [3.8, 4) is 0 Å². The van der Waals surface area contributed by atoms with Crippen molar-refractivity contribution >= 4 is 10.0 Å². The Bertz CT molecular complexity index is 855. The fourth-order valence-corrected chi connectivity index (χ4v) is 6.34. The lowest BCUT2D eigenvalue weighted by Gasteiger charge is -2.61. The number of hydrogen-bond donors (Lipinski definition) is 0. The molecule has 0 bridgehead atoms. The molecule has 2 atom stereocenters. The van der Waals surface area contributed by atoms with Gasteiger partial charge in [-0.15, -0.1) is 0 Å². The summed E-state index contributed by atoms with van der Waals surface area (Å²) >= 11 is 0. The normalized spacial score (nSPS) is 26.8. The summed E-state index contributed by atoms with van der Waals surface area (Å²) in [6.07, 6.45) is -2.20. The zero-order valence-electron chi connectivity index (χ0n) is 15.9. The number of likely N-dealkylation sites (tertiary alicyclic amines) is 1. The molecule has 3 fully saturated rings. The summed E-state index contributed by atoms with van der Waals surface area (Å²) in [4.78, 5) is 5.62. The lowest BCUT2D eigenvalue weighted by molar-refractivity contribution is -0.141. The van der Waals surface area contributed by atoms with Crippen molar-refractivity contribution in [1.29, 1.82) is 0 Å². The predicted molar refractivity (Wildman–Crippen MR) is 95.2 cm³/mol. The molecule has 6 nitrogen and oxygen atoms in total. The smallest absolute Gasteiger partial charge is 0.377 e. The van der Waals surface area contributed by atoms with Crippen LogP contribution < -0.4 is 0 Å². The van der Waals surface area contributed by atoms with Gasteiger partial charge in [-0.2, -0.15) is 17.5 Å². The summed E-state index contributed by atoms with van der Waals surface area (Å²) in [5.41, 5.74) is -1.26. The van der Waals surface area contributed by atoms with Gasteiger partial charge in [0.05, 0.1) is 11.8 Å². The molecule has 0 radical (unpaired) electrons. The van der Waals surface area contributed by atoms with Crippen LogP contribution in [0.5, 0.6) is 0 Å². The van der Waals surface area contributed by atoms with Gasteiger partial charge in [-0.1, -0.05) is 0 Å². The van der Waals surface area contributed by atoms with Crippen LogP contribution in [0.25, 0.3) is 0 Å². The Balaban J connectivity index is 1.39. The summed E-state index contributed by atoms with van der Waals surface area (Å²) < 4.78 is 71.0. The van der Waals surface area contributed by atoms with Crippen molar-refractivity contribution in [2.24, 2.45) is 5.41 Å². The van der Waals surface area contributed by atoms with E-state index in [2.05, 4.69) is 16.8 Å². The first kappa shape index (κ1) is 20.1. The van der Waals surface area contributed by atoms with Crippen LogP contribution in [0.4, 0.5) is 13.2 Å². The van der Waals surface area contributed by atoms with Gasteiger partial charge in [0.2, 0.25) is 10.0 Å². The Morgan fingerprint density at radius 1 is 1.25 bits per heavy atom. The van der Waals surface area contributed by atoms with Crippen LogP contribution in [0.1, 0.15) is 31.2 Å². The van der Waals surface area contributed by atoms with Crippen LogP contribution in [0.15, 0.2) is 17.0 Å². The second kappa shape index (κ2) is 6.65. The third-order valence-corrected chi connectivity index (χ3v) is 8.05. The topological polar surface area (TPSA) is 62.7 Å². The molecule has 156 valence electrons. The molecular weight excluding hydrogens is 395 g/mol. The number of ether oxygens (including phenoxy) is 1. The molecular formula is C18H24F3N3O3S. The molecule has 0 amide bonds. The average Bonchev–Trinajstić information content (AvgIpc) is 3.04. The Morgan fingerprint density at radius 3 is 2.46 bits per heavy atom. The fourth-order valence-electron chi connectivity index (χ4n) is 4.51. The highest BCUT2D eigenvalue weighted by Crippen LogP contribution is 2.44. The van der Waals surface area contributed by atoms with Crippen LogP contribution in [0, 0.1) is 12.3 Å². The van der Waals surface area contributed by atoms with Gasteiger partial charge < -0.3 is 4.74 Å². The highest BCUT2D eigenvalue weighted by Gasteiger charge is 2.56. The molecule has 0 aromatic carbocycles. The van der Waals surface area contributed by atoms with E-state index < -0.39 is 21.9 Å². The Morgan fingerprint density at radius 2 is 1.93 bits per heavy atom. The van der Waals surface area contributed by atoms with Gasteiger partial charge in [-0.05, 0) is 38.8 Å². The quantitative estimate of drug-likeness (QED) is 0.749. The molecule has 1 spiro atoms. The number of pyridine rings is 1. The molecule has 1 unspecified atom stereocenters. The van der Waals surface area contributed by atoms with Crippen LogP contribution in [0.3, 0.4) is 0 Å². The van der Waals surface area contributed by atoms with E-state index in [4.69, 9.17) is 4.74 Å². The first-order chi connectivity index (χ1) is 13.0. The molecule has 0 N–H and O–H groups in total. The lowest BCUT2D eigenvalue weighted by atomic mass is 9.73. The van der Waals surface area contributed by atoms with E-state index in [0.29, 0.717) is 19.1 Å². The highest BCUT2D eigenvalue weighted by atomic mass is 32.2. The van der Waals surface area contributed by atoms with Gasteiger partial charge in [0.15, 0.2) is 0 Å². The zero-order valence-corrected chi connectivity index (χ0v) is 16.7. The van der Waals surface area contributed by atoms with Gasteiger partial charge in [-0.3, -0.25) is 4.90 Å². The van der Waals surface area contributed by atoms with Gasteiger partial charge in [0.25, 0.3) is 0 Å². The van der Waals surface area contributed by atoms with E-state index in [1.54, 1.807) is 0 Å². The summed E-state index contributed by atoms with van der Waals surface area (Å²) in [6.45, 7) is 6.68. The van der Waals surface area contributed by atoms with E-state index in [1.807, 2.05) is 0 Å². The van der Waals surface area contributed by atoms with E-state index in [0.717, 1.165) is 44.7 Å². The van der Waals surface area contributed by atoms with E-state index in [9.17, 15) is 21.6 Å². The second-order valence-electron chi connectivity index (χ2n) is 8.25. The largest absolute Gasteiger partial charge is 0.433 e. The van der Waals surface area contributed by atoms with E-state index in [-0.39, 0.29) is 22.1 Å². The Hall–Kier alpha value is -1.23. The molecule has 0 saturated carbocycles. The van der Waals surface area contributed by atoms with Gasteiger partial charge in [0.1, 0.15) is 10.6 Å². The predicted octanol–water partition coefficient (Wildman–Crippen LogP) is 2.28. The number of rotatable bonds is 4. The fraction of sp³-hybridized carbons (Fsp3) is 0.722. The molecule has 3 saturated heterocycles. The van der Waals surface area contributed by atoms with Crippen molar-refractivity contribution in [2.45, 2.75) is 49.9 Å². The van der Waals surface area contributed by atoms with Crippen molar-refractivity contribution in [3.63, 3.8) is 0 Å². The zero-order chi connectivity index (χ0) is 20.3. The number of alkyl halides is 3. The van der Waals surface area contributed by atoms with Crippen LogP contribution in [0.2, 0.25) is 0 Å². The van der Waals surface area contributed by atoms with Crippen molar-refractivity contribution in [1.82, 2.24) is 14.2 Å². The minimum atomic E-state index is -4.59. The maximum absolute atomic E-state index is 12.8. The SMILES string of the molecule is Cc1nc(C(F)(F)F)ccc1S(=O)(=O)N1CC2(CN(C(C)[C@@H]3CCCO3)C2)C1. The second-order valence-corrected chi connectivity index (χ2v) is 10.2. The summed E-state index contributed by atoms with van der Waals surface area (Å²) in [5, 5.41) is 0. The maximum atomic E-state index is 12.8. The number of halogens is 3. The molecule has 1 aromatic rings. The minimum absolute atomic E-state index is 0.0484. The first-order valence-electron chi connectivity index (χ1n) is 9.43. The monoisotopic (exact) mass is 419 g/mol. The number of aromatic nitrogens is 1. The minimum Gasteiger partial charge on any atom is -0.377 e. The van der Waals surface area contributed by atoms with Crippen LogP contribution >= 0.6 is 0 Å². The first-order valence-corrected chi connectivity index (χ1v) is 10.9. The maximum Gasteiger partial charge on any atom is 0.433 e. The summed E-state index contributed by atoms with van der Waals surface area (Å²) in [5.74, 6) is 0. The Labute approximate surface area is 162 Å². The molecule has 28 heavy (non-hydrogen) atoms. The molecule has 3 aliphatic rings. The van der Waals surface area contributed by atoms with E-state index in [1.165, 1.54) is 11.2 Å². The number of nitrogens with zero attached hydrogens (tertiary/aromatic N) is 3. The van der Waals surface area contributed by atoms with Gasteiger partial charge >= 0.3 is 6.18 Å². The molecule has 3 aliphatic heterocycles. The van der Waals surface area contributed by atoms with Crippen LogP contribution in [-0.2, 0) is 20.9 Å². The molecule has 10 heteroatoms. The standard InChI is InChI=1S/C18H24F3N3O3S/c1-12-15(5-6-16(22-12)18(19,20)21)28(25,26)24-10-17(11-24)8-23(9-17)13(2)14-4-3-7-27-14/h5-6,13-14H,3-4,7-11H2,1-2H3/t13?,14-/m0/s1. The van der Waals surface area contributed by atoms with E-state index >= 15 is 0 Å². The average molecular weight is 419 g/mol. The van der Waals surface area contributed by atoms with Gasteiger partial charge in [-0.25, -0.2) is 13.4 Å². The number of aryl methyl sites for hydroxylation is 1. The highest BCUT2D eigenvalue weighted by molar-refractivity contribution is 7.89. The molecule has 4 rings (SSSR count). The molecule has 4 heterocycles. The third-order valence-electron chi connectivity index (χ3n) is 6.13. The number of hydrogen-bond acceptors (Lipinski definition) is 5. The molecule has 1 aromatic heterocycles. The molecule has 0 aliphatic carbocycles. The summed E-state index contributed by atoms with van der Waals surface area (Å²) in [7, 11) is -3.84. The lowest BCUT2D eigenvalue weighted by Crippen LogP contribution is -2.74. The van der Waals surface area contributed by atoms with Crippen LogP contribution in [-0.4, -0.2) is 67.5 Å². The third kappa shape index (κ3) is 3.34. The van der Waals surface area contributed by atoms with Gasteiger partial charge in [0, 0.05) is 44.2 Å². The number of sulfonamides is 1.